The molecule has 1 aromatic heterocycles. The minimum absolute atomic E-state index is 0.317. The van der Waals surface area contributed by atoms with E-state index in [1.807, 2.05) is 0 Å². The molecular formula is C14H22N4O3. The molecule has 0 atom stereocenters. The number of nitrogens with one attached hydrogen (secondary N) is 2. The third-order valence-electron chi connectivity index (χ3n) is 4.07. The first-order valence-corrected chi connectivity index (χ1v) is 7.30. The van der Waals surface area contributed by atoms with Crippen molar-refractivity contribution in [2.24, 2.45) is 7.05 Å². The second kappa shape index (κ2) is 6.60. The van der Waals surface area contributed by atoms with E-state index >= 15 is 0 Å². The number of carboxylic acid groups (broad SMARTS) is 1. The average Bonchev–Trinajstić information content (AvgIpc) is 2.70. The van der Waals surface area contributed by atoms with E-state index in [1.165, 1.54) is 0 Å². The van der Waals surface area contributed by atoms with E-state index in [-0.39, 0.29) is 0 Å². The van der Waals surface area contributed by atoms with Crippen LogP contribution in [0.4, 0.5) is 4.79 Å². The van der Waals surface area contributed by atoms with Crippen LogP contribution >= 0.6 is 0 Å². The maximum atomic E-state index is 12.0. The first-order chi connectivity index (χ1) is 10.0. The van der Waals surface area contributed by atoms with Gasteiger partial charge in [-0.2, -0.15) is 5.10 Å². The second-order valence-corrected chi connectivity index (χ2v) is 5.56. The van der Waals surface area contributed by atoms with Gasteiger partial charge in [-0.15, -0.1) is 0 Å². The average molecular weight is 294 g/mol. The van der Waals surface area contributed by atoms with E-state index in [9.17, 15) is 14.7 Å². The fraction of sp³-hybridized carbons (Fsp3) is 0.643. The smallest absolute Gasteiger partial charge is 0.329 e. The number of hydrogen-bond acceptors (Lipinski definition) is 3. The van der Waals surface area contributed by atoms with Gasteiger partial charge in [0.2, 0.25) is 0 Å². The normalized spacial score (nSPS) is 17.8. The predicted molar refractivity (Wildman–Crippen MR) is 76.6 cm³/mol. The van der Waals surface area contributed by atoms with Gasteiger partial charge in [-0.05, 0) is 18.9 Å². The molecule has 0 spiro atoms. The Bertz CT molecular complexity index is 504. The maximum Gasteiger partial charge on any atom is 0.329 e. The zero-order chi connectivity index (χ0) is 15.3. The highest BCUT2D eigenvalue weighted by molar-refractivity contribution is 5.86. The molecule has 21 heavy (non-hydrogen) atoms. The summed E-state index contributed by atoms with van der Waals surface area (Å²) in [5.41, 5.74) is -0.275. The summed E-state index contributed by atoms with van der Waals surface area (Å²) in [5.74, 6) is -0.944. The molecule has 1 saturated carbocycles. The third kappa shape index (κ3) is 3.74. The van der Waals surface area contributed by atoms with Gasteiger partial charge in [0.1, 0.15) is 5.54 Å². The fourth-order valence-electron chi connectivity index (χ4n) is 2.73. The zero-order valence-electron chi connectivity index (χ0n) is 12.3. The summed E-state index contributed by atoms with van der Waals surface area (Å²) in [6.07, 6.45) is 6.32. The monoisotopic (exact) mass is 294 g/mol. The van der Waals surface area contributed by atoms with Gasteiger partial charge in [0.05, 0.1) is 12.2 Å². The van der Waals surface area contributed by atoms with Crippen molar-refractivity contribution in [2.45, 2.75) is 50.6 Å². The molecule has 0 aliphatic heterocycles. The number of hydrogen-bond donors (Lipinski definition) is 3. The Hall–Kier alpha value is -2.05. The van der Waals surface area contributed by atoms with Crippen LogP contribution in [-0.4, -0.2) is 32.4 Å². The van der Waals surface area contributed by atoms with Crippen LogP contribution in [0, 0.1) is 0 Å². The summed E-state index contributed by atoms with van der Waals surface area (Å²) in [5, 5.41) is 18.9. The molecule has 0 saturated heterocycles. The number of urea groups is 1. The summed E-state index contributed by atoms with van der Waals surface area (Å²) in [4.78, 5) is 23.6. The van der Waals surface area contributed by atoms with Crippen LogP contribution < -0.4 is 10.6 Å². The maximum absolute atomic E-state index is 12.0. The Morgan fingerprint density at radius 1 is 1.33 bits per heavy atom. The Labute approximate surface area is 123 Å². The van der Waals surface area contributed by atoms with E-state index in [4.69, 9.17) is 0 Å². The summed E-state index contributed by atoms with van der Waals surface area (Å²) in [7, 11) is 1.79. The van der Waals surface area contributed by atoms with Crippen molar-refractivity contribution in [3.05, 3.63) is 18.0 Å². The lowest BCUT2D eigenvalue weighted by Crippen LogP contribution is -2.56. The van der Waals surface area contributed by atoms with Crippen LogP contribution in [0.25, 0.3) is 0 Å². The van der Waals surface area contributed by atoms with Crippen molar-refractivity contribution in [2.75, 3.05) is 0 Å². The van der Waals surface area contributed by atoms with Gasteiger partial charge < -0.3 is 15.7 Å². The number of rotatable bonds is 4. The molecule has 0 unspecified atom stereocenters. The van der Waals surface area contributed by atoms with Gasteiger partial charge in [-0.25, -0.2) is 9.59 Å². The van der Waals surface area contributed by atoms with E-state index in [0.717, 1.165) is 31.4 Å². The molecule has 1 aliphatic rings. The minimum atomic E-state index is -1.13. The number of aromatic nitrogens is 2. The quantitative estimate of drug-likeness (QED) is 0.731. The van der Waals surface area contributed by atoms with Crippen LogP contribution in [0.1, 0.15) is 44.2 Å². The largest absolute Gasteiger partial charge is 0.480 e. The molecule has 7 nitrogen and oxygen atoms in total. The van der Waals surface area contributed by atoms with Crippen molar-refractivity contribution in [3.8, 4) is 0 Å². The van der Waals surface area contributed by atoms with E-state index in [0.29, 0.717) is 19.4 Å². The Morgan fingerprint density at radius 2 is 2.00 bits per heavy atom. The molecule has 2 rings (SSSR count). The number of carbonyl (C=O) groups is 2. The topological polar surface area (TPSA) is 96.3 Å². The van der Waals surface area contributed by atoms with Gasteiger partial charge in [0, 0.05) is 13.2 Å². The number of nitrogens with zero attached hydrogens (tertiary/aromatic N) is 2. The molecule has 7 heteroatoms. The number of carbonyl (C=O) groups excluding carboxylic acids is 1. The minimum Gasteiger partial charge on any atom is -0.480 e. The first kappa shape index (κ1) is 15.3. The molecule has 3 N–H and O–H groups in total. The van der Waals surface area contributed by atoms with Crippen LogP contribution in [0.5, 0.6) is 0 Å². The third-order valence-corrected chi connectivity index (χ3v) is 4.07. The van der Waals surface area contributed by atoms with Crippen molar-refractivity contribution < 1.29 is 14.7 Å². The van der Waals surface area contributed by atoms with Gasteiger partial charge in [0.25, 0.3) is 0 Å². The lowest BCUT2D eigenvalue weighted by Gasteiger charge is -2.29. The number of amides is 2. The molecule has 116 valence electrons. The van der Waals surface area contributed by atoms with E-state index in [1.54, 1.807) is 24.0 Å². The van der Waals surface area contributed by atoms with Crippen molar-refractivity contribution in [1.82, 2.24) is 20.4 Å². The molecule has 2 amide bonds. The Kier molecular flexibility index (Phi) is 4.82. The zero-order valence-corrected chi connectivity index (χ0v) is 12.3. The van der Waals surface area contributed by atoms with Crippen molar-refractivity contribution in [1.29, 1.82) is 0 Å². The first-order valence-electron chi connectivity index (χ1n) is 7.30. The lowest BCUT2D eigenvalue weighted by molar-refractivity contribution is -0.145. The fourth-order valence-corrected chi connectivity index (χ4v) is 2.73. The molecule has 0 aromatic carbocycles. The predicted octanol–water partition coefficient (Wildman–Crippen LogP) is 1.40. The number of carboxylic acids is 1. The Morgan fingerprint density at radius 3 is 2.52 bits per heavy atom. The second-order valence-electron chi connectivity index (χ2n) is 5.56. The van der Waals surface area contributed by atoms with Gasteiger partial charge >= 0.3 is 12.0 Å². The van der Waals surface area contributed by atoms with Crippen LogP contribution in [-0.2, 0) is 18.4 Å². The standard InChI is InChI=1S/C14H22N4O3/c1-18-11(6-9-16-18)10-15-13(21)17-14(12(19)20)7-4-2-3-5-8-14/h6,9H,2-5,7-8,10H2,1H3,(H,19,20)(H2,15,17,21). The molecule has 0 radical (unpaired) electrons. The molecular weight excluding hydrogens is 272 g/mol. The van der Waals surface area contributed by atoms with Crippen LogP contribution in [0.2, 0.25) is 0 Å². The molecule has 1 aromatic rings. The molecule has 1 fully saturated rings. The lowest BCUT2D eigenvalue weighted by atomic mass is 9.90. The number of aliphatic carboxylic acids is 1. The Balaban J connectivity index is 1.95. The van der Waals surface area contributed by atoms with E-state index < -0.39 is 17.5 Å². The van der Waals surface area contributed by atoms with Crippen molar-refractivity contribution >= 4 is 12.0 Å². The highest BCUT2D eigenvalue weighted by Crippen LogP contribution is 2.27. The van der Waals surface area contributed by atoms with Crippen LogP contribution in [0.15, 0.2) is 12.3 Å². The highest BCUT2D eigenvalue weighted by atomic mass is 16.4. The summed E-state index contributed by atoms with van der Waals surface area (Å²) < 4.78 is 1.67. The van der Waals surface area contributed by atoms with Crippen molar-refractivity contribution in [3.63, 3.8) is 0 Å². The summed E-state index contributed by atoms with van der Waals surface area (Å²) in [6.45, 7) is 0.317. The molecule has 0 bridgehead atoms. The van der Waals surface area contributed by atoms with Crippen LogP contribution in [0.3, 0.4) is 0 Å². The van der Waals surface area contributed by atoms with Gasteiger partial charge in [-0.3, -0.25) is 4.68 Å². The summed E-state index contributed by atoms with van der Waals surface area (Å²) in [6, 6.07) is 1.36. The molecule has 1 heterocycles. The highest BCUT2D eigenvalue weighted by Gasteiger charge is 2.40. The summed E-state index contributed by atoms with van der Waals surface area (Å²) >= 11 is 0. The number of aryl methyl sites for hydroxylation is 1. The SMILES string of the molecule is Cn1nccc1CNC(=O)NC1(C(=O)O)CCCCCC1. The van der Waals surface area contributed by atoms with Gasteiger partial charge in [0.15, 0.2) is 0 Å². The van der Waals surface area contributed by atoms with Gasteiger partial charge in [-0.1, -0.05) is 25.7 Å². The molecule has 1 aliphatic carbocycles. The van der Waals surface area contributed by atoms with E-state index in [2.05, 4.69) is 15.7 Å².